The first-order valence-electron chi connectivity index (χ1n) is 10.1. The fourth-order valence-corrected chi connectivity index (χ4v) is 3.72. The van der Waals surface area contributed by atoms with Gasteiger partial charge in [0.1, 0.15) is 5.75 Å². The van der Waals surface area contributed by atoms with Crippen LogP contribution in [0.5, 0.6) is 5.75 Å². The zero-order valence-electron chi connectivity index (χ0n) is 17.4. The zero-order valence-corrected chi connectivity index (χ0v) is 18.1. The Balaban J connectivity index is 1.90. The van der Waals surface area contributed by atoms with Crippen LogP contribution in [-0.2, 0) is 21.1 Å². The SMILES string of the molecule is CC(C)COc1ccc(NC(=O)C2(c3ccc(Cl)cc3)CCOCC2)cc1C(F)(F)F. The maximum Gasteiger partial charge on any atom is 0.420 e. The molecule has 4 nitrogen and oxygen atoms in total. The number of hydrogen-bond acceptors (Lipinski definition) is 3. The van der Waals surface area contributed by atoms with Crippen molar-refractivity contribution in [2.24, 2.45) is 5.92 Å². The number of rotatable bonds is 6. The highest BCUT2D eigenvalue weighted by atomic mass is 35.5. The lowest BCUT2D eigenvalue weighted by Crippen LogP contribution is -2.44. The van der Waals surface area contributed by atoms with Crippen molar-refractivity contribution in [3.05, 3.63) is 58.6 Å². The zero-order chi connectivity index (χ0) is 22.6. The number of alkyl halides is 3. The van der Waals surface area contributed by atoms with Gasteiger partial charge in [-0.3, -0.25) is 4.79 Å². The van der Waals surface area contributed by atoms with E-state index in [2.05, 4.69) is 5.32 Å². The molecule has 0 atom stereocenters. The first kappa shape index (κ1) is 23.4. The molecule has 0 unspecified atom stereocenters. The highest BCUT2D eigenvalue weighted by molar-refractivity contribution is 6.30. The second kappa shape index (κ2) is 9.49. The highest BCUT2D eigenvalue weighted by Gasteiger charge is 2.42. The van der Waals surface area contributed by atoms with E-state index in [9.17, 15) is 18.0 Å². The van der Waals surface area contributed by atoms with Crippen molar-refractivity contribution in [1.29, 1.82) is 0 Å². The van der Waals surface area contributed by atoms with Crippen LogP contribution < -0.4 is 10.1 Å². The molecular weight excluding hydrogens is 431 g/mol. The molecule has 2 aromatic carbocycles. The Bertz CT molecular complexity index is 907. The summed E-state index contributed by atoms with van der Waals surface area (Å²) < 4.78 is 51.6. The van der Waals surface area contributed by atoms with Crippen LogP contribution in [0.25, 0.3) is 0 Å². The lowest BCUT2D eigenvalue weighted by Gasteiger charge is -2.36. The quantitative estimate of drug-likeness (QED) is 0.574. The summed E-state index contributed by atoms with van der Waals surface area (Å²) in [7, 11) is 0. The summed E-state index contributed by atoms with van der Waals surface area (Å²) in [5.41, 5.74) is -1.01. The van der Waals surface area contributed by atoms with E-state index in [-0.39, 0.29) is 29.9 Å². The van der Waals surface area contributed by atoms with E-state index in [1.54, 1.807) is 24.3 Å². The van der Waals surface area contributed by atoms with Gasteiger partial charge in [0.25, 0.3) is 0 Å². The van der Waals surface area contributed by atoms with Crippen LogP contribution in [0.2, 0.25) is 5.02 Å². The molecule has 1 N–H and O–H groups in total. The van der Waals surface area contributed by atoms with Crippen LogP contribution in [0.1, 0.15) is 37.8 Å². The number of anilines is 1. The molecule has 1 saturated heterocycles. The molecule has 1 amide bonds. The molecule has 0 aliphatic carbocycles. The predicted molar refractivity (Wildman–Crippen MR) is 114 cm³/mol. The van der Waals surface area contributed by atoms with Crippen LogP contribution in [0.3, 0.4) is 0 Å². The van der Waals surface area contributed by atoms with E-state index in [4.69, 9.17) is 21.1 Å². The number of nitrogens with one attached hydrogen (secondary N) is 1. The first-order chi connectivity index (χ1) is 14.6. The molecule has 1 aliphatic rings. The molecular formula is C23H25ClF3NO3. The van der Waals surface area contributed by atoms with Gasteiger partial charge in [-0.15, -0.1) is 0 Å². The maximum absolute atomic E-state index is 13.6. The van der Waals surface area contributed by atoms with E-state index < -0.39 is 17.2 Å². The third kappa shape index (κ3) is 5.52. The van der Waals surface area contributed by atoms with Crippen LogP contribution in [0, 0.1) is 5.92 Å². The van der Waals surface area contributed by atoms with Gasteiger partial charge in [-0.1, -0.05) is 37.6 Å². The third-order valence-corrected chi connectivity index (χ3v) is 5.54. The second-order valence-corrected chi connectivity index (χ2v) is 8.51. The monoisotopic (exact) mass is 455 g/mol. The predicted octanol–water partition coefficient (Wildman–Crippen LogP) is 6.08. The van der Waals surface area contributed by atoms with Gasteiger partial charge >= 0.3 is 6.18 Å². The van der Waals surface area contributed by atoms with E-state index in [0.717, 1.165) is 11.6 Å². The molecule has 31 heavy (non-hydrogen) atoms. The molecule has 0 aromatic heterocycles. The Hall–Kier alpha value is -2.25. The van der Waals surface area contributed by atoms with E-state index in [0.29, 0.717) is 31.1 Å². The van der Waals surface area contributed by atoms with E-state index in [1.165, 1.54) is 12.1 Å². The normalized spacial score (nSPS) is 16.2. The Morgan fingerprint density at radius 1 is 1.16 bits per heavy atom. The van der Waals surface area contributed by atoms with Gasteiger partial charge in [0, 0.05) is 23.9 Å². The highest BCUT2D eigenvalue weighted by Crippen LogP contribution is 2.40. The van der Waals surface area contributed by atoms with Crippen molar-refractivity contribution in [3.8, 4) is 5.75 Å². The van der Waals surface area contributed by atoms with Crippen LogP contribution in [0.15, 0.2) is 42.5 Å². The Morgan fingerprint density at radius 2 is 1.81 bits per heavy atom. The molecule has 3 rings (SSSR count). The van der Waals surface area contributed by atoms with Crippen molar-refractivity contribution in [2.75, 3.05) is 25.1 Å². The van der Waals surface area contributed by atoms with E-state index >= 15 is 0 Å². The smallest absolute Gasteiger partial charge is 0.420 e. The molecule has 8 heteroatoms. The van der Waals surface area contributed by atoms with Gasteiger partial charge in [-0.05, 0) is 54.7 Å². The summed E-state index contributed by atoms with van der Waals surface area (Å²) in [5.74, 6) is -0.548. The summed E-state index contributed by atoms with van der Waals surface area (Å²) in [6, 6.07) is 10.5. The lowest BCUT2D eigenvalue weighted by atomic mass is 9.73. The van der Waals surface area contributed by atoms with Crippen molar-refractivity contribution in [1.82, 2.24) is 0 Å². The van der Waals surface area contributed by atoms with Gasteiger partial charge in [0.2, 0.25) is 5.91 Å². The Kier molecular flexibility index (Phi) is 7.17. The largest absolute Gasteiger partial charge is 0.493 e. The molecule has 1 aliphatic heterocycles. The van der Waals surface area contributed by atoms with Gasteiger partial charge in [-0.25, -0.2) is 0 Å². The van der Waals surface area contributed by atoms with Gasteiger partial charge in [-0.2, -0.15) is 13.2 Å². The summed E-state index contributed by atoms with van der Waals surface area (Å²) in [6.07, 6.45) is -3.77. The van der Waals surface area contributed by atoms with E-state index in [1.807, 2.05) is 13.8 Å². The molecule has 0 radical (unpaired) electrons. The van der Waals surface area contributed by atoms with Gasteiger partial charge in [0.05, 0.1) is 17.6 Å². The van der Waals surface area contributed by atoms with Crippen molar-refractivity contribution in [2.45, 2.75) is 38.3 Å². The molecule has 1 heterocycles. The number of halogens is 4. The molecule has 2 aromatic rings. The average molecular weight is 456 g/mol. The number of carbonyl (C=O) groups excluding carboxylic acids is 1. The number of benzene rings is 2. The van der Waals surface area contributed by atoms with Gasteiger partial charge < -0.3 is 14.8 Å². The summed E-state index contributed by atoms with van der Waals surface area (Å²) in [4.78, 5) is 13.3. The fraction of sp³-hybridized carbons (Fsp3) is 0.435. The van der Waals surface area contributed by atoms with Crippen molar-refractivity contribution in [3.63, 3.8) is 0 Å². The van der Waals surface area contributed by atoms with Crippen LogP contribution in [-0.4, -0.2) is 25.7 Å². The minimum Gasteiger partial charge on any atom is -0.493 e. The maximum atomic E-state index is 13.6. The first-order valence-corrected chi connectivity index (χ1v) is 10.5. The van der Waals surface area contributed by atoms with Crippen molar-refractivity contribution >= 4 is 23.2 Å². The van der Waals surface area contributed by atoms with Gasteiger partial charge in [0.15, 0.2) is 0 Å². The summed E-state index contributed by atoms with van der Waals surface area (Å²) in [5, 5.41) is 3.23. The lowest BCUT2D eigenvalue weighted by molar-refractivity contribution is -0.139. The standard InChI is InChI=1S/C23H25ClF3NO3/c1-15(2)14-31-20-8-7-18(13-19(20)23(25,26)27)28-21(29)22(9-11-30-12-10-22)16-3-5-17(24)6-4-16/h3-8,13,15H,9-12,14H2,1-2H3,(H,28,29). The molecule has 168 valence electrons. The minimum atomic E-state index is -4.61. The topological polar surface area (TPSA) is 47.6 Å². The molecule has 0 bridgehead atoms. The van der Waals surface area contributed by atoms with Crippen LogP contribution >= 0.6 is 11.6 Å². The average Bonchev–Trinajstić information content (AvgIpc) is 2.73. The van der Waals surface area contributed by atoms with Crippen LogP contribution in [0.4, 0.5) is 18.9 Å². The Morgan fingerprint density at radius 3 is 2.39 bits per heavy atom. The number of ether oxygens (including phenoxy) is 2. The minimum absolute atomic E-state index is 0.0639. The van der Waals surface area contributed by atoms with Crippen molar-refractivity contribution < 1.29 is 27.4 Å². The number of amides is 1. The number of carbonyl (C=O) groups is 1. The Labute approximate surface area is 184 Å². The molecule has 0 saturated carbocycles. The second-order valence-electron chi connectivity index (χ2n) is 8.07. The fourth-order valence-electron chi connectivity index (χ4n) is 3.60. The third-order valence-electron chi connectivity index (χ3n) is 5.29. The summed E-state index contributed by atoms with van der Waals surface area (Å²) >= 11 is 5.98. The summed E-state index contributed by atoms with van der Waals surface area (Å²) in [6.45, 7) is 4.63. The molecule has 0 spiro atoms. The molecule has 1 fully saturated rings. The number of hydrogen-bond donors (Lipinski definition) is 1.